The largest absolute Gasteiger partial charge is 0.416 e. The Balaban J connectivity index is 1.26. The maximum atomic E-state index is 12.1. The van der Waals surface area contributed by atoms with Crippen molar-refractivity contribution in [3.05, 3.63) is 30.2 Å². The molecule has 1 saturated carbocycles. The van der Waals surface area contributed by atoms with E-state index in [4.69, 9.17) is 4.42 Å². The lowest BCUT2D eigenvalue weighted by Crippen LogP contribution is -2.23. The van der Waals surface area contributed by atoms with E-state index in [1.165, 1.54) is 43.1 Å². The molecule has 0 bridgehead atoms. The summed E-state index contributed by atoms with van der Waals surface area (Å²) in [5.74, 6) is 1.34. The SMILES string of the molecule is O=C(CSc1nnc(C2CC2)o1)Nc1ccc(N2CCCCCC2)cc1. The van der Waals surface area contributed by atoms with E-state index in [2.05, 4.69) is 32.5 Å². The number of benzene rings is 1. The van der Waals surface area contributed by atoms with E-state index in [1.807, 2.05) is 12.1 Å². The molecular formula is C19H24N4O2S. The Labute approximate surface area is 157 Å². The van der Waals surface area contributed by atoms with Crippen LogP contribution in [0.25, 0.3) is 0 Å². The van der Waals surface area contributed by atoms with Crippen molar-refractivity contribution in [2.45, 2.75) is 49.7 Å². The Morgan fingerprint density at radius 1 is 1.12 bits per heavy atom. The molecular weight excluding hydrogens is 348 g/mol. The minimum absolute atomic E-state index is 0.0660. The van der Waals surface area contributed by atoms with E-state index in [0.29, 0.717) is 17.0 Å². The third-order valence-corrected chi connectivity index (χ3v) is 5.62. The predicted octanol–water partition coefficient (Wildman–Crippen LogP) is 4.06. The monoisotopic (exact) mass is 372 g/mol. The maximum absolute atomic E-state index is 12.1. The van der Waals surface area contributed by atoms with Gasteiger partial charge in [-0.3, -0.25) is 4.79 Å². The number of aromatic nitrogens is 2. The molecule has 0 spiro atoms. The molecule has 1 amide bonds. The third-order valence-electron chi connectivity index (χ3n) is 4.80. The van der Waals surface area contributed by atoms with Crippen LogP contribution in [0.15, 0.2) is 33.9 Å². The first kappa shape index (κ1) is 17.4. The highest BCUT2D eigenvalue weighted by Gasteiger charge is 2.29. The molecule has 2 fully saturated rings. The molecule has 1 N–H and O–H groups in total. The fraction of sp³-hybridized carbons (Fsp3) is 0.526. The number of carbonyl (C=O) groups is 1. The summed E-state index contributed by atoms with van der Waals surface area (Å²) in [5, 5.41) is 11.4. The summed E-state index contributed by atoms with van der Waals surface area (Å²) in [5.41, 5.74) is 2.05. The lowest BCUT2D eigenvalue weighted by molar-refractivity contribution is -0.113. The first-order chi connectivity index (χ1) is 12.8. The number of nitrogens with one attached hydrogen (secondary N) is 1. The topological polar surface area (TPSA) is 71.3 Å². The molecule has 2 heterocycles. The van der Waals surface area contributed by atoms with Gasteiger partial charge in [0.15, 0.2) is 0 Å². The van der Waals surface area contributed by atoms with E-state index in [1.54, 1.807) is 0 Å². The Kier molecular flexibility index (Phi) is 5.43. The Morgan fingerprint density at radius 3 is 2.54 bits per heavy atom. The van der Waals surface area contributed by atoms with Gasteiger partial charge >= 0.3 is 0 Å². The molecule has 1 aromatic carbocycles. The van der Waals surface area contributed by atoms with Gasteiger partial charge in [-0.2, -0.15) is 0 Å². The number of anilines is 2. The molecule has 1 aliphatic heterocycles. The van der Waals surface area contributed by atoms with Crippen LogP contribution >= 0.6 is 11.8 Å². The van der Waals surface area contributed by atoms with E-state index in [0.717, 1.165) is 31.6 Å². The van der Waals surface area contributed by atoms with Crippen LogP contribution in [0, 0.1) is 0 Å². The molecule has 1 aromatic heterocycles. The van der Waals surface area contributed by atoms with Crippen LogP contribution in [0.4, 0.5) is 11.4 Å². The summed E-state index contributed by atoms with van der Waals surface area (Å²) in [6.07, 6.45) is 7.41. The smallest absolute Gasteiger partial charge is 0.277 e. The van der Waals surface area contributed by atoms with Gasteiger partial charge in [0.2, 0.25) is 11.8 Å². The highest BCUT2D eigenvalue weighted by atomic mass is 32.2. The zero-order valence-corrected chi connectivity index (χ0v) is 15.6. The Hall–Kier alpha value is -2.02. The molecule has 0 radical (unpaired) electrons. The van der Waals surface area contributed by atoms with E-state index >= 15 is 0 Å². The molecule has 7 heteroatoms. The molecule has 4 rings (SSSR count). The molecule has 2 aromatic rings. The van der Waals surface area contributed by atoms with Crippen molar-refractivity contribution in [2.75, 3.05) is 29.1 Å². The second-order valence-corrected chi connectivity index (χ2v) is 7.89. The predicted molar refractivity (Wildman–Crippen MR) is 103 cm³/mol. The van der Waals surface area contributed by atoms with Crippen molar-refractivity contribution < 1.29 is 9.21 Å². The highest BCUT2D eigenvalue weighted by Crippen LogP contribution is 2.39. The van der Waals surface area contributed by atoms with Crippen LogP contribution in [-0.2, 0) is 4.79 Å². The molecule has 1 saturated heterocycles. The average molecular weight is 372 g/mol. The van der Waals surface area contributed by atoms with Crippen molar-refractivity contribution in [3.8, 4) is 0 Å². The maximum Gasteiger partial charge on any atom is 0.277 e. The first-order valence-corrected chi connectivity index (χ1v) is 10.4. The van der Waals surface area contributed by atoms with E-state index in [9.17, 15) is 4.79 Å². The van der Waals surface area contributed by atoms with Gasteiger partial charge in [0.25, 0.3) is 5.22 Å². The highest BCUT2D eigenvalue weighted by molar-refractivity contribution is 7.99. The van der Waals surface area contributed by atoms with Crippen LogP contribution in [0.2, 0.25) is 0 Å². The lowest BCUT2D eigenvalue weighted by atomic mass is 10.2. The number of carbonyl (C=O) groups excluding carboxylic acids is 1. The number of hydrogen-bond acceptors (Lipinski definition) is 6. The lowest BCUT2D eigenvalue weighted by Gasteiger charge is -2.22. The Morgan fingerprint density at radius 2 is 1.85 bits per heavy atom. The van der Waals surface area contributed by atoms with Crippen LogP contribution in [0.3, 0.4) is 0 Å². The van der Waals surface area contributed by atoms with Gasteiger partial charge in [0.05, 0.1) is 5.75 Å². The number of amides is 1. The summed E-state index contributed by atoms with van der Waals surface area (Å²) < 4.78 is 5.56. The number of thioether (sulfide) groups is 1. The summed E-state index contributed by atoms with van der Waals surface area (Å²) in [4.78, 5) is 14.6. The van der Waals surface area contributed by atoms with Gasteiger partial charge in [-0.15, -0.1) is 10.2 Å². The summed E-state index contributed by atoms with van der Waals surface area (Å²) in [6, 6.07) is 8.13. The van der Waals surface area contributed by atoms with Gasteiger partial charge in [-0.1, -0.05) is 24.6 Å². The molecule has 1 aliphatic carbocycles. The van der Waals surface area contributed by atoms with Crippen LogP contribution in [0.5, 0.6) is 0 Å². The molecule has 6 nitrogen and oxygen atoms in total. The normalized spacial score (nSPS) is 17.8. The third kappa shape index (κ3) is 4.58. The Bertz CT molecular complexity index is 734. The van der Waals surface area contributed by atoms with Crippen molar-refractivity contribution in [1.29, 1.82) is 0 Å². The quantitative estimate of drug-likeness (QED) is 0.771. The number of rotatable bonds is 6. The average Bonchev–Trinajstić information content (AvgIpc) is 3.45. The molecule has 2 aliphatic rings. The minimum Gasteiger partial charge on any atom is -0.416 e. The zero-order chi connectivity index (χ0) is 17.8. The van der Waals surface area contributed by atoms with Gasteiger partial charge in [0.1, 0.15) is 0 Å². The van der Waals surface area contributed by atoms with Crippen molar-refractivity contribution in [3.63, 3.8) is 0 Å². The molecule has 26 heavy (non-hydrogen) atoms. The second kappa shape index (κ2) is 8.12. The molecule has 0 atom stereocenters. The van der Waals surface area contributed by atoms with Gasteiger partial charge < -0.3 is 14.6 Å². The van der Waals surface area contributed by atoms with E-state index in [-0.39, 0.29) is 11.7 Å². The van der Waals surface area contributed by atoms with E-state index < -0.39 is 0 Å². The number of hydrogen-bond donors (Lipinski definition) is 1. The minimum atomic E-state index is -0.0660. The summed E-state index contributed by atoms with van der Waals surface area (Å²) in [7, 11) is 0. The summed E-state index contributed by atoms with van der Waals surface area (Å²) in [6.45, 7) is 2.24. The first-order valence-electron chi connectivity index (χ1n) is 9.39. The van der Waals surface area contributed by atoms with Crippen molar-refractivity contribution in [2.24, 2.45) is 0 Å². The van der Waals surface area contributed by atoms with Crippen molar-refractivity contribution in [1.82, 2.24) is 10.2 Å². The van der Waals surface area contributed by atoms with Gasteiger partial charge in [0, 0.05) is 30.4 Å². The number of nitrogens with zero attached hydrogens (tertiary/aromatic N) is 3. The summed E-state index contributed by atoms with van der Waals surface area (Å²) >= 11 is 1.28. The molecule has 138 valence electrons. The standard InChI is InChI=1S/C19H24N4O2S/c24-17(13-26-19-22-21-18(25-19)14-5-6-14)20-15-7-9-16(10-8-15)23-11-3-1-2-4-12-23/h7-10,14H,1-6,11-13H2,(H,20,24). The zero-order valence-electron chi connectivity index (χ0n) is 14.8. The fourth-order valence-corrected chi connectivity index (χ4v) is 3.75. The van der Waals surface area contributed by atoms with Crippen LogP contribution in [-0.4, -0.2) is 34.9 Å². The van der Waals surface area contributed by atoms with Gasteiger partial charge in [-0.05, 0) is 49.9 Å². The fourth-order valence-electron chi connectivity index (χ4n) is 3.18. The van der Waals surface area contributed by atoms with Crippen LogP contribution < -0.4 is 10.2 Å². The second-order valence-electron chi connectivity index (χ2n) is 6.97. The van der Waals surface area contributed by atoms with Crippen LogP contribution in [0.1, 0.15) is 50.3 Å². The molecule has 0 unspecified atom stereocenters. The van der Waals surface area contributed by atoms with Crippen molar-refractivity contribution >= 4 is 29.0 Å². The van der Waals surface area contributed by atoms with Gasteiger partial charge in [-0.25, -0.2) is 0 Å².